The third kappa shape index (κ3) is 2.46. The second-order valence-electron chi connectivity index (χ2n) is 2.72. The predicted molar refractivity (Wildman–Crippen MR) is 44.3 cm³/mol. The van der Waals surface area contributed by atoms with Crippen LogP contribution in [0.2, 0.25) is 13.3 Å². The molecule has 0 bridgehead atoms. The van der Waals surface area contributed by atoms with Crippen molar-refractivity contribution in [2.45, 2.75) is 34.1 Å². The van der Waals surface area contributed by atoms with Gasteiger partial charge in [-0.15, -0.1) is 0 Å². The van der Waals surface area contributed by atoms with E-state index in [1.807, 2.05) is 0 Å². The van der Waals surface area contributed by atoms with Gasteiger partial charge in [-0.25, -0.2) is 0 Å². The van der Waals surface area contributed by atoms with Crippen molar-refractivity contribution in [2.75, 3.05) is 4.62 Å². The van der Waals surface area contributed by atoms with E-state index in [4.69, 9.17) is 5.11 Å². The fourth-order valence-corrected chi connectivity index (χ4v) is 7.28. The average Bonchev–Trinajstić information content (AvgIpc) is 1.95. The monoisotopic (exact) mass is 238 g/mol. The topological polar surface area (TPSA) is 20.2 Å². The van der Waals surface area contributed by atoms with Crippen LogP contribution >= 0.6 is 0 Å². The second kappa shape index (κ2) is 4.56. The Bertz CT molecular complexity index is 51.8. The summed E-state index contributed by atoms with van der Waals surface area (Å²) in [5, 5.41) is 9.07. The molecule has 0 spiro atoms. The Morgan fingerprint density at radius 1 is 1.00 bits per heavy atom. The first-order chi connectivity index (χ1) is 4.24. The molecule has 2 heteroatoms. The summed E-state index contributed by atoms with van der Waals surface area (Å²) in [5.74, 6) is 0. The van der Waals surface area contributed by atoms with Crippen molar-refractivity contribution < 1.29 is 5.11 Å². The Morgan fingerprint density at radius 2 is 1.33 bits per heavy atom. The quantitative estimate of drug-likeness (QED) is 0.741. The number of hydrogen-bond acceptors (Lipinski definition) is 1. The molecule has 0 radical (unpaired) electrons. The maximum absolute atomic E-state index is 9.07. The van der Waals surface area contributed by atoms with Gasteiger partial charge in [-0.3, -0.25) is 0 Å². The molecule has 9 heavy (non-hydrogen) atoms. The Morgan fingerprint density at radius 3 is 1.33 bits per heavy atom. The fourth-order valence-electron chi connectivity index (χ4n) is 1.09. The van der Waals surface area contributed by atoms with Crippen molar-refractivity contribution in [3.8, 4) is 0 Å². The Labute approximate surface area is 62.3 Å². The van der Waals surface area contributed by atoms with Gasteiger partial charge in [-0.2, -0.15) is 0 Å². The summed E-state index contributed by atoms with van der Waals surface area (Å²) in [6.45, 7) is 6.71. The zero-order valence-electron chi connectivity index (χ0n) is 6.78. The third-order valence-corrected chi connectivity index (χ3v) is 17.3. The fraction of sp³-hybridized carbons (Fsp3) is 1.00. The first kappa shape index (κ1) is 9.76. The summed E-state index contributed by atoms with van der Waals surface area (Å²) in [6, 6.07) is 0. The van der Waals surface area contributed by atoms with Gasteiger partial charge in [0.05, 0.1) is 0 Å². The third-order valence-electron chi connectivity index (χ3n) is 2.59. The second-order valence-corrected chi connectivity index (χ2v) is 18.2. The molecule has 0 aliphatic heterocycles. The van der Waals surface area contributed by atoms with E-state index in [9.17, 15) is 0 Å². The molecule has 0 fully saturated rings. The minimum absolute atomic E-state index is 0.554. The van der Waals surface area contributed by atoms with E-state index in [1.165, 1.54) is 13.3 Å². The molecule has 0 aliphatic carbocycles. The van der Waals surface area contributed by atoms with Gasteiger partial charge in [0.1, 0.15) is 0 Å². The molecular weight excluding hydrogens is 219 g/mol. The standard InChI is InChI=1S/3C2H5.CH3O.Sn/c4*1-2;/h3*1H2,2H3;2H,1H2;. The van der Waals surface area contributed by atoms with Crippen LogP contribution in [0.15, 0.2) is 0 Å². The molecule has 0 atom stereocenters. The number of aliphatic hydroxyl groups excluding tert-OH is 1. The Hall–Kier alpha value is 0.759. The van der Waals surface area contributed by atoms with Crippen molar-refractivity contribution in [2.24, 2.45) is 0 Å². The molecule has 0 aromatic rings. The van der Waals surface area contributed by atoms with Crippen molar-refractivity contribution in [1.82, 2.24) is 0 Å². The van der Waals surface area contributed by atoms with Crippen molar-refractivity contribution >= 4 is 18.4 Å². The van der Waals surface area contributed by atoms with Crippen molar-refractivity contribution in [1.29, 1.82) is 0 Å². The molecule has 0 rings (SSSR count). The van der Waals surface area contributed by atoms with Crippen LogP contribution in [-0.4, -0.2) is 28.1 Å². The van der Waals surface area contributed by atoms with E-state index in [0.717, 1.165) is 0 Å². The van der Waals surface area contributed by atoms with Crippen molar-refractivity contribution in [3.05, 3.63) is 0 Å². The molecule has 0 aliphatic rings. The van der Waals surface area contributed by atoms with Gasteiger partial charge in [0.15, 0.2) is 0 Å². The maximum atomic E-state index is 9.07. The first-order valence-electron chi connectivity index (χ1n) is 3.85. The van der Waals surface area contributed by atoms with Crippen LogP contribution in [0.1, 0.15) is 20.8 Å². The van der Waals surface area contributed by atoms with Gasteiger partial charge < -0.3 is 0 Å². The van der Waals surface area contributed by atoms with Gasteiger partial charge in [-0.1, -0.05) is 0 Å². The van der Waals surface area contributed by atoms with Crippen LogP contribution in [0, 0.1) is 0 Å². The van der Waals surface area contributed by atoms with Gasteiger partial charge in [0.25, 0.3) is 0 Å². The summed E-state index contributed by atoms with van der Waals surface area (Å²) in [7, 11) is 0. The molecule has 0 aromatic carbocycles. The van der Waals surface area contributed by atoms with Gasteiger partial charge in [0.2, 0.25) is 0 Å². The van der Waals surface area contributed by atoms with Crippen LogP contribution < -0.4 is 0 Å². The summed E-state index contributed by atoms with van der Waals surface area (Å²) in [4.78, 5) is 0. The van der Waals surface area contributed by atoms with Crippen LogP contribution in [-0.2, 0) is 0 Å². The van der Waals surface area contributed by atoms with Crippen LogP contribution in [0.5, 0.6) is 0 Å². The molecule has 0 aromatic heterocycles. The molecule has 0 heterocycles. The SMILES string of the molecule is C[CH2][Sn]([CH2]C)([CH2]C)[CH2]O. The molecule has 0 saturated carbocycles. The molecule has 56 valence electrons. The summed E-state index contributed by atoms with van der Waals surface area (Å²) >= 11 is -1.83. The van der Waals surface area contributed by atoms with Crippen molar-refractivity contribution in [3.63, 3.8) is 0 Å². The van der Waals surface area contributed by atoms with Crippen LogP contribution in [0.4, 0.5) is 0 Å². The predicted octanol–water partition coefficient (Wildman–Crippen LogP) is 2.03. The van der Waals surface area contributed by atoms with E-state index in [2.05, 4.69) is 20.8 Å². The normalized spacial score (nSPS) is 12.0. The molecule has 1 N–H and O–H groups in total. The molecule has 0 unspecified atom stereocenters. The summed E-state index contributed by atoms with van der Waals surface area (Å²) < 4.78 is 4.46. The van der Waals surface area contributed by atoms with Gasteiger partial charge in [0, 0.05) is 0 Å². The van der Waals surface area contributed by atoms with Crippen LogP contribution in [0.3, 0.4) is 0 Å². The Balaban J connectivity index is 3.82. The molecular formula is C7H18OSn. The molecule has 0 amide bonds. The zero-order chi connectivity index (χ0) is 7.33. The number of aliphatic hydroxyl groups is 1. The summed E-state index contributed by atoms with van der Waals surface area (Å²) in [6.07, 6.45) is 0. The molecule has 1 nitrogen and oxygen atoms in total. The van der Waals surface area contributed by atoms with E-state index < -0.39 is 18.4 Å². The van der Waals surface area contributed by atoms with E-state index in [0.29, 0.717) is 4.62 Å². The van der Waals surface area contributed by atoms with E-state index in [-0.39, 0.29) is 0 Å². The summed E-state index contributed by atoms with van der Waals surface area (Å²) in [5.41, 5.74) is 0. The first-order valence-corrected chi connectivity index (χ1v) is 11.9. The number of hydrogen-bond donors (Lipinski definition) is 1. The molecule has 0 saturated heterocycles. The average molecular weight is 237 g/mol. The van der Waals surface area contributed by atoms with E-state index in [1.54, 1.807) is 0 Å². The number of rotatable bonds is 4. The van der Waals surface area contributed by atoms with Gasteiger partial charge in [-0.05, 0) is 0 Å². The van der Waals surface area contributed by atoms with Crippen LogP contribution in [0.25, 0.3) is 0 Å². The Kier molecular flexibility index (Phi) is 4.94. The van der Waals surface area contributed by atoms with Gasteiger partial charge >= 0.3 is 62.2 Å². The zero-order valence-corrected chi connectivity index (χ0v) is 9.63. The minimum atomic E-state index is -1.83. The van der Waals surface area contributed by atoms with E-state index >= 15 is 0 Å².